The van der Waals surface area contributed by atoms with Crippen LogP contribution in [0.2, 0.25) is 0 Å². The minimum atomic E-state index is -3.30. The van der Waals surface area contributed by atoms with Gasteiger partial charge in [-0.15, -0.1) is 0 Å². The van der Waals surface area contributed by atoms with Gasteiger partial charge in [0.1, 0.15) is 0 Å². The minimum Gasteiger partial charge on any atom is -0.356 e. The molecule has 6 heteroatoms. The van der Waals surface area contributed by atoms with E-state index in [0.717, 1.165) is 18.4 Å². The summed E-state index contributed by atoms with van der Waals surface area (Å²) in [6.45, 7) is 3.66. The zero-order chi connectivity index (χ0) is 16.7. The third-order valence-corrected chi connectivity index (χ3v) is 6.09. The number of benzene rings is 1. The second kappa shape index (κ2) is 8.45. The van der Waals surface area contributed by atoms with Crippen LogP contribution in [0, 0.1) is 5.92 Å². The first-order valence-corrected chi connectivity index (χ1v) is 9.93. The van der Waals surface area contributed by atoms with Gasteiger partial charge in [0.2, 0.25) is 15.9 Å². The molecule has 0 unspecified atom stereocenters. The highest BCUT2D eigenvalue weighted by Gasteiger charge is 2.30. The molecule has 0 spiro atoms. The first-order chi connectivity index (χ1) is 11.0. The van der Waals surface area contributed by atoms with Crippen molar-refractivity contribution in [3.63, 3.8) is 0 Å². The molecule has 128 valence electrons. The first-order valence-electron chi connectivity index (χ1n) is 8.32. The zero-order valence-corrected chi connectivity index (χ0v) is 14.5. The fraction of sp³-hybridized carbons (Fsp3) is 0.588. The molecule has 1 aromatic rings. The Morgan fingerprint density at radius 1 is 1.22 bits per heavy atom. The highest BCUT2D eigenvalue weighted by molar-refractivity contribution is 7.88. The molecule has 1 aliphatic heterocycles. The van der Waals surface area contributed by atoms with Crippen LogP contribution in [0.15, 0.2) is 30.3 Å². The monoisotopic (exact) mass is 338 g/mol. The largest absolute Gasteiger partial charge is 0.356 e. The lowest BCUT2D eigenvalue weighted by Crippen LogP contribution is -2.43. The summed E-state index contributed by atoms with van der Waals surface area (Å²) in [5.41, 5.74) is 0.798. The molecule has 1 aliphatic rings. The van der Waals surface area contributed by atoms with E-state index in [9.17, 15) is 13.2 Å². The average Bonchev–Trinajstić information content (AvgIpc) is 2.55. The van der Waals surface area contributed by atoms with Gasteiger partial charge in [-0.25, -0.2) is 12.7 Å². The maximum absolute atomic E-state index is 12.5. The van der Waals surface area contributed by atoms with Crippen LogP contribution < -0.4 is 5.32 Å². The van der Waals surface area contributed by atoms with Crippen LogP contribution in [0.5, 0.6) is 0 Å². The molecule has 1 heterocycles. The van der Waals surface area contributed by atoms with E-state index in [4.69, 9.17) is 0 Å². The number of rotatable bonds is 7. The number of nitrogens with zero attached hydrogens (tertiary/aromatic N) is 1. The number of amides is 1. The number of sulfonamides is 1. The van der Waals surface area contributed by atoms with Crippen LogP contribution in [0.3, 0.4) is 0 Å². The van der Waals surface area contributed by atoms with Crippen molar-refractivity contribution >= 4 is 15.9 Å². The standard InChI is InChI=1S/C17H26N2O3S/c1-2-3-11-18-17(20)16-9-12-19(13-10-16)23(21,22)14-15-7-5-4-6-8-15/h4-8,16H,2-3,9-14H2,1H3,(H,18,20). The van der Waals surface area contributed by atoms with Gasteiger partial charge in [0.15, 0.2) is 0 Å². The molecule has 5 nitrogen and oxygen atoms in total. The van der Waals surface area contributed by atoms with Gasteiger partial charge in [0, 0.05) is 25.6 Å². The number of nitrogens with one attached hydrogen (secondary N) is 1. The van der Waals surface area contributed by atoms with E-state index in [1.54, 1.807) is 0 Å². The van der Waals surface area contributed by atoms with E-state index >= 15 is 0 Å². The van der Waals surface area contributed by atoms with Crippen molar-refractivity contribution in [3.8, 4) is 0 Å². The van der Waals surface area contributed by atoms with E-state index < -0.39 is 10.0 Å². The fourth-order valence-corrected chi connectivity index (χ4v) is 4.37. The lowest BCUT2D eigenvalue weighted by molar-refractivity contribution is -0.126. The summed E-state index contributed by atoms with van der Waals surface area (Å²) in [6, 6.07) is 9.21. The van der Waals surface area contributed by atoms with Crippen molar-refractivity contribution in [1.82, 2.24) is 9.62 Å². The first kappa shape index (κ1) is 17.9. The SMILES string of the molecule is CCCCNC(=O)C1CCN(S(=O)(=O)Cc2ccccc2)CC1. The van der Waals surface area contributed by atoms with Crippen molar-refractivity contribution in [2.75, 3.05) is 19.6 Å². The molecule has 1 fully saturated rings. The van der Waals surface area contributed by atoms with Gasteiger partial charge >= 0.3 is 0 Å². The summed E-state index contributed by atoms with van der Waals surface area (Å²) >= 11 is 0. The number of carbonyl (C=O) groups excluding carboxylic acids is 1. The number of hydrogen-bond donors (Lipinski definition) is 1. The van der Waals surface area contributed by atoms with Gasteiger partial charge in [0.25, 0.3) is 0 Å². The van der Waals surface area contributed by atoms with Crippen LogP contribution in [0.4, 0.5) is 0 Å². The molecule has 0 atom stereocenters. The number of piperidine rings is 1. The highest BCUT2D eigenvalue weighted by atomic mass is 32.2. The van der Waals surface area contributed by atoms with Crippen LogP contribution in [-0.4, -0.2) is 38.3 Å². The summed E-state index contributed by atoms with van der Waals surface area (Å²) < 4.78 is 26.5. The van der Waals surface area contributed by atoms with Gasteiger partial charge in [-0.2, -0.15) is 0 Å². The van der Waals surface area contributed by atoms with Crippen molar-refractivity contribution in [2.45, 2.75) is 38.4 Å². The lowest BCUT2D eigenvalue weighted by atomic mass is 9.97. The lowest BCUT2D eigenvalue weighted by Gasteiger charge is -2.30. The predicted molar refractivity (Wildman–Crippen MR) is 91.3 cm³/mol. The summed E-state index contributed by atoms with van der Waals surface area (Å²) in [6.07, 6.45) is 3.24. The molecule has 1 amide bonds. The topological polar surface area (TPSA) is 66.5 Å². The molecular formula is C17H26N2O3S. The third-order valence-electron chi connectivity index (χ3n) is 4.24. The molecule has 0 saturated carbocycles. The van der Waals surface area contributed by atoms with Crippen LogP contribution in [-0.2, 0) is 20.6 Å². The second-order valence-electron chi connectivity index (χ2n) is 6.06. The van der Waals surface area contributed by atoms with E-state index in [2.05, 4.69) is 12.2 Å². The van der Waals surface area contributed by atoms with Crippen LogP contribution >= 0.6 is 0 Å². The molecule has 0 aliphatic carbocycles. The molecular weight excluding hydrogens is 312 g/mol. The molecule has 1 N–H and O–H groups in total. The van der Waals surface area contributed by atoms with E-state index in [0.29, 0.717) is 32.5 Å². The smallest absolute Gasteiger partial charge is 0.223 e. The Morgan fingerprint density at radius 3 is 2.48 bits per heavy atom. The fourth-order valence-electron chi connectivity index (χ4n) is 2.81. The average molecular weight is 338 g/mol. The molecule has 23 heavy (non-hydrogen) atoms. The summed E-state index contributed by atoms with van der Waals surface area (Å²) in [5.74, 6) is 0.0369. The summed E-state index contributed by atoms with van der Waals surface area (Å²) in [5, 5.41) is 2.94. The normalized spacial score (nSPS) is 17.1. The van der Waals surface area contributed by atoms with Crippen molar-refractivity contribution in [1.29, 1.82) is 0 Å². The van der Waals surface area contributed by atoms with Gasteiger partial charge in [-0.05, 0) is 24.8 Å². The highest BCUT2D eigenvalue weighted by Crippen LogP contribution is 2.21. The summed E-state index contributed by atoms with van der Waals surface area (Å²) in [4.78, 5) is 12.0. The Kier molecular flexibility index (Phi) is 6.59. The Hall–Kier alpha value is -1.40. The predicted octanol–water partition coefficient (Wildman–Crippen LogP) is 2.14. The van der Waals surface area contributed by atoms with Crippen LogP contribution in [0.25, 0.3) is 0 Å². The second-order valence-corrected chi connectivity index (χ2v) is 8.03. The summed E-state index contributed by atoms with van der Waals surface area (Å²) in [7, 11) is -3.30. The van der Waals surface area contributed by atoms with E-state index in [1.165, 1.54) is 4.31 Å². The van der Waals surface area contributed by atoms with Gasteiger partial charge in [0.05, 0.1) is 5.75 Å². The Balaban J connectivity index is 1.84. The third kappa shape index (κ3) is 5.32. The van der Waals surface area contributed by atoms with Gasteiger partial charge < -0.3 is 5.32 Å². The Labute approximate surface area is 139 Å². The van der Waals surface area contributed by atoms with Gasteiger partial charge in [-0.3, -0.25) is 4.79 Å². The quantitative estimate of drug-likeness (QED) is 0.775. The molecule has 0 radical (unpaired) electrons. The molecule has 1 aromatic carbocycles. The maximum atomic E-state index is 12.5. The Morgan fingerprint density at radius 2 is 1.87 bits per heavy atom. The number of hydrogen-bond acceptors (Lipinski definition) is 3. The van der Waals surface area contributed by atoms with Crippen molar-refractivity contribution in [3.05, 3.63) is 35.9 Å². The zero-order valence-electron chi connectivity index (χ0n) is 13.7. The minimum absolute atomic E-state index is 0.0290. The number of unbranched alkanes of at least 4 members (excludes halogenated alkanes) is 1. The van der Waals surface area contributed by atoms with E-state index in [-0.39, 0.29) is 17.6 Å². The maximum Gasteiger partial charge on any atom is 0.223 e. The molecule has 0 aromatic heterocycles. The molecule has 1 saturated heterocycles. The number of carbonyl (C=O) groups is 1. The Bertz CT molecular complexity index is 594. The van der Waals surface area contributed by atoms with E-state index in [1.807, 2.05) is 30.3 Å². The van der Waals surface area contributed by atoms with Crippen molar-refractivity contribution < 1.29 is 13.2 Å². The molecule has 0 bridgehead atoms. The van der Waals surface area contributed by atoms with Crippen LogP contribution in [0.1, 0.15) is 38.2 Å². The van der Waals surface area contributed by atoms with Gasteiger partial charge in [-0.1, -0.05) is 43.7 Å². The molecule has 2 rings (SSSR count). The van der Waals surface area contributed by atoms with Crippen molar-refractivity contribution in [2.24, 2.45) is 5.92 Å².